The average molecular weight is 236 g/mol. The zero-order valence-electron chi connectivity index (χ0n) is 10.4. The Balaban J connectivity index is 1.86. The molecule has 1 fully saturated rings. The standard InChI is InChI=1S/C12H20N4O/c1-10(8-16-7-3-5-14-16)15-11(17)12(2)4-6-13-9-12/h3,5,7,10,13H,4,6,8-9H2,1-2H3,(H,15,17). The van der Waals surface area contributed by atoms with Crippen molar-refractivity contribution < 1.29 is 4.79 Å². The molecule has 17 heavy (non-hydrogen) atoms. The molecule has 0 aliphatic carbocycles. The summed E-state index contributed by atoms with van der Waals surface area (Å²) in [6.45, 7) is 6.43. The van der Waals surface area contributed by atoms with Crippen LogP contribution >= 0.6 is 0 Å². The third-order valence-corrected chi connectivity index (χ3v) is 3.31. The van der Waals surface area contributed by atoms with Gasteiger partial charge in [-0.1, -0.05) is 0 Å². The zero-order chi connectivity index (χ0) is 12.3. The molecule has 0 radical (unpaired) electrons. The molecule has 2 unspecified atom stereocenters. The van der Waals surface area contributed by atoms with E-state index in [-0.39, 0.29) is 17.4 Å². The Bertz CT molecular complexity index is 368. The van der Waals surface area contributed by atoms with Crippen molar-refractivity contribution in [2.75, 3.05) is 13.1 Å². The third-order valence-electron chi connectivity index (χ3n) is 3.31. The molecule has 5 nitrogen and oxygen atoms in total. The van der Waals surface area contributed by atoms with Crippen molar-refractivity contribution in [2.24, 2.45) is 5.41 Å². The van der Waals surface area contributed by atoms with Crippen molar-refractivity contribution >= 4 is 5.91 Å². The minimum Gasteiger partial charge on any atom is -0.351 e. The van der Waals surface area contributed by atoms with Gasteiger partial charge in [-0.05, 0) is 32.9 Å². The van der Waals surface area contributed by atoms with Crippen LogP contribution in [0.5, 0.6) is 0 Å². The number of nitrogens with one attached hydrogen (secondary N) is 2. The van der Waals surface area contributed by atoms with E-state index in [0.717, 1.165) is 19.5 Å². The molecule has 1 amide bonds. The molecular formula is C12H20N4O. The van der Waals surface area contributed by atoms with E-state index in [4.69, 9.17) is 0 Å². The lowest BCUT2D eigenvalue weighted by Gasteiger charge is -2.24. The monoisotopic (exact) mass is 236 g/mol. The smallest absolute Gasteiger partial charge is 0.227 e. The molecule has 0 bridgehead atoms. The van der Waals surface area contributed by atoms with Crippen molar-refractivity contribution in [1.82, 2.24) is 20.4 Å². The SMILES string of the molecule is CC(Cn1cccn1)NC(=O)C1(C)CCNC1. The first-order chi connectivity index (χ1) is 8.10. The van der Waals surface area contributed by atoms with E-state index in [2.05, 4.69) is 15.7 Å². The molecule has 0 saturated carbocycles. The summed E-state index contributed by atoms with van der Waals surface area (Å²) in [6, 6.07) is 1.98. The predicted octanol–water partition coefficient (Wildman–Crippen LogP) is 0.387. The maximum Gasteiger partial charge on any atom is 0.227 e. The zero-order valence-corrected chi connectivity index (χ0v) is 10.4. The summed E-state index contributed by atoms with van der Waals surface area (Å²) in [6.07, 6.45) is 4.56. The molecule has 1 aliphatic rings. The van der Waals surface area contributed by atoms with Crippen molar-refractivity contribution in [1.29, 1.82) is 0 Å². The number of amides is 1. The molecule has 2 heterocycles. The Morgan fingerprint density at radius 3 is 3.12 bits per heavy atom. The topological polar surface area (TPSA) is 59.0 Å². The van der Waals surface area contributed by atoms with Gasteiger partial charge in [0.25, 0.3) is 0 Å². The van der Waals surface area contributed by atoms with Crippen molar-refractivity contribution in [2.45, 2.75) is 32.9 Å². The Hall–Kier alpha value is -1.36. The lowest BCUT2D eigenvalue weighted by Crippen LogP contribution is -2.45. The van der Waals surface area contributed by atoms with Crippen LogP contribution in [-0.2, 0) is 11.3 Å². The molecule has 1 aliphatic heterocycles. The number of aromatic nitrogens is 2. The summed E-state index contributed by atoms with van der Waals surface area (Å²) in [5.74, 6) is 0.141. The molecule has 1 aromatic rings. The van der Waals surface area contributed by atoms with Gasteiger partial charge in [-0.15, -0.1) is 0 Å². The van der Waals surface area contributed by atoms with Crippen LogP contribution in [0, 0.1) is 5.41 Å². The fraction of sp³-hybridized carbons (Fsp3) is 0.667. The third kappa shape index (κ3) is 2.85. The highest BCUT2D eigenvalue weighted by Crippen LogP contribution is 2.24. The van der Waals surface area contributed by atoms with Crippen LogP contribution in [0.4, 0.5) is 0 Å². The fourth-order valence-corrected chi connectivity index (χ4v) is 2.14. The summed E-state index contributed by atoms with van der Waals surface area (Å²) in [7, 11) is 0. The maximum absolute atomic E-state index is 12.1. The van der Waals surface area contributed by atoms with Crippen LogP contribution in [0.2, 0.25) is 0 Å². The second-order valence-electron chi connectivity index (χ2n) is 5.09. The first kappa shape index (κ1) is 12.1. The lowest BCUT2D eigenvalue weighted by atomic mass is 9.88. The molecule has 2 N–H and O–H groups in total. The highest BCUT2D eigenvalue weighted by atomic mass is 16.2. The molecule has 1 aromatic heterocycles. The van der Waals surface area contributed by atoms with Gasteiger partial charge < -0.3 is 10.6 Å². The fourth-order valence-electron chi connectivity index (χ4n) is 2.14. The lowest BCUT2D eigenvalue weighted by molar-refractivity contribution is -0.129. The normalized spacial score (nSPS) is 25.8. The molecule has 94 valence electrons. The number of carbonyl (C=O) groups is 1. The van der Waals surface area contributed by atoms with E-state index in [1.54, 1.807) is 6.20 Å². The molecule has 2 atom stereocenters. The van der Waals surface area contributed by atoms with Crippen LogP contribution in [0.15, 0.2) is 18.5 Å². The maximum atomic E-state index is 12.1. The van der Waals surface area contributed by atoms with E-state index in [1.807, 2.05) is 30.8 Å². The summed E-state index contributed by atoms with van der Waals surface area (Å²) in [5.41, 5.74) is -0.252. The quantitative estimate of drug-likeness (QED) is 0.795. The highest BCUT2D eigenvalue weighted by Gasteiger charge is 2.36. The van der Waals surface area contributed by atoms with Gasteiger partial charge in [-0.2, -0.15) is 5.10 Å². The van der Waals surface area contributed by atoms with Gasteiger partial charge >= 0.3 is 0 Å². The number of hydrogen-bond donors (Lipinski definition) is 2. The van der Waals surface area contributed by atoms with E-state index in [1.165, 1.54) is 0 Å². The van der Waals surface area contributed by atoms with Crippen LogP contribution in [-0.4, -0.2) is 34.8 Å². The van der Waals surface area contributed by atoms with Gasteiger partial charge in [0.15, 0.2) is 0 Å². The van der Waals surface area contributed by atoms with Crippen LogP contribution < -0.4 is 10.6 Å². The Kier molecular flexibility index (Phi) is 3.47. The molecule has 0 aromatic carbocycles. The second-order valence-corrected chi connectivity index (χ2v) is 5.09. The van der Waals surface area contributed by atoms with Gasteiger partial charge in [-0.3, -0.25) is 9.48 Å². The van der Waals surface area contributed by atoms with Crippen LogP contribution in [0.3, 0.4) is 0 Å². The molecule has 5 heteroatoms. The Morgan fingerprint density at radius 2 is 2.53 bits per heavy atom. The summed E-state index contributed by atoms with van der Waals surface area (Å²) in [4.78, 5) is 12.1. The van der Waals surface area contributed by atoms with Crippen molar-refractivity contribution in [3.8, 4) is 0 Å². The summed E-state index contributed by atoms with van der Waals surface area (Å²) < 4.78 is 1.83. The Labute approximate surface area is 102 Å². The summed E-state index contributed by atoms with van der Waals surface area (Å²) >= 11 is 0. The van der Waals surface area contributed by atoms with E-state index in [0.29, 0.717) is 6.54 Å². The number of carbonyl (C=O) groups excluding carboxylic acids is 1. The van der Waals surface area contributed by atoms with Gasteiger partial charge in [0, 0.05) is 25.0 Å². The Morgan fingerprint density at radius 1 is 1.71 bits per heavy atom. The van der Waals surface area contributed by atoms with Gasteiger partial charge in [0.1, 0.15) is 0 Å². The van der Waals surface area contributed by atoms with E-state index < -0.39 is 0 Å². The molecule has 2 rings (SSSR count). The minimum atomic E-state index is -0.252. The second kappa shape index (κ2) is 4.87. The number of nitrogens with zero attached hydrogens (tertiary/aromatic N) is 2. The largest absolute Gasteiger partial charge is 0.351 e. The van der Waals surface area contributed by atoms with Crippen molar-refractivity contribution in [3.05, 3.63) is 18.5 Å². The first-order valence-electron chi connectivity index (χ1n) is 6.09. The van der Waals surface area contributed by atoms with E-state index >= 15 is 0 Å². The summed E-state index contributed by atoms with van der Waals surface area (Å²) in [5, 5.41) is 10.4. The van der Waals surface area contributed by atoms with Gasteiger partial charge in [0.05, 0.1) is 12.0 Å². The van der Waals surface area contributed by atoms with Crippen molar-refractivity contribution in [3.63, 3.8) is 0 Å². The van der Waals surface area contributed by atoms with Gasteiger partial charge in [0.2, 0.25) is 5.91 Å². The van der Waals surface area contributed by atoms with Crippen LogP contribution in [0.25, 0.3) is 0 Å². The highest BCUT2D eigenvalue weighted by molar-refractivity contribution is 5.83. The van der Waals surface area contributed by atoms with E-state index in [9.17, 15) is 4.79 Å². The minimum absolute atomic E-state index is 0.0971. The first-order valence-corrected chi connectivity index (χ1v) is 6.09. The van der Waals surface area contributed by atoms with Crippen LogP contribution in [0.1, 0.15) is 20.3 Å². The molecule has 1 saturated heterocycles. The van der Waals surface area contributed by atoms with Gasteiger partial charge in [-0.25, -0.2) is 0 Å². The molecule has 0 spiro atoms. The number of rotatable bonds is 4. The predicted molar refractivity (Wildman–Crippen MR) is 65.4 cm³/mol. The average Bonchev–Trinajstić information content (AvgIpc) is 2.90. The molecular weight excluding hydrogens is 216 g/mol. The number of hydrogen-bond acceptors (Lipinski definition) is 3.